The Morgan fingerprint density at radius 2 is 1.64 bits per heavy atom. The molecule has 0 radical (unpaired) electrons. The Hall–Kier alpha value is -2.96. The molecule has 1 atom stereocenters. The van der Waals surface area contributed by atoms with E-state index in [0.717, 1.165) is 18.2 Å². The number of nitrogens with zero attached hydrogens (tertiary/aromatic N) is 1. The predicted molar refractivity (Wildman–Crippen MR) is 103 cm³/mol. The normalized spacial score (nSPS) is 12.2. The van der Waals surface area contributed by atoms with Crippen molar-refractivity contribution in [1.29, 1.82) is 0 Å². The molecule has 0 aliphatic rings. The van der Waals surface area contributed by atoms with E-state index in [2.05, 4.69) is 5.32 Å². The van der Waals surface area contributed by atoms with Gasteiger partial charge in [-0.1, -0.05) is 18.2 Å². The van der Waals surface area contributed by atoms with Crippen LogP contribution in [-0.2, 0) is 16.0 Å². The second-order valence-electron chi connectivity index (χ2n) is 7.41. The minimum absolute atomic E-state index is 0.0933. The molecule has 0 spiro atoms. The van der Waals surface area contributed by atoms with Gasteiger partial charge in [-0.05, 0) is 50.6 Å². The maximum atomic E-state index is 13.5. The Kier molecular flexibility index (Phi) is 6.72. The summed E-state index contributed by atoms with van der Waals surface area (Å²) >= 11 is 0. The zero-order valence-corrected chi connectivity index (χ0v) is 16.3. The first-order chi connectivity index (χ1) is 13.0. The van der Waals surface area contributed by atoms with E-state index in [9.17, 15) is 18.4 Å². The number of benzene rings is 2. The molecule has 2 aromatic rings. The minimum atomic E-state index is -1.07. The van der Waals surface area contributed by atoms with Crippen LogP contribution >= 0.6 is 0 Å². The van der Waals surface area contributed by atoms with Crippen LogP contribution in [-0.4, -0.2) is 30.7 Å². The topological polar surface area (TPSA) is 58.6 Å². The molecule has 0 bridgehead atoms. The number of alkyl carbamates (subject to hydrolysis) is 1. The van der Waals surface area contributed by atoms with E-state index in [4.69, 9.17) is 4.74 Å². The average Bonchev–Trinajstić information content (AvgIpc) is 2.58. The van der Waals surface area contributed by atoms with Gasteiger partial charge in [-0.2, -0.15) is 0 Å². The third-order valence-corrected chi connectivity index (χ3v) is 3.83. The standard InChI is InChI=1S/C21H24F2N2O3/c1-21(2,3)28-20(27)24-18(12-14-10-15(22)13-16(23)11-14)19(26)25(4)17-8-6-5-7-9-17/h5-11,13,18H,12H2,1-4H3,(H,24,27)/t18-/m0/s1. The molecule has 0 aromatic heterocycles. The van der Waals surface area contributed by atoms with Crippen molar-refractivity contribution in [3.05, 3.63) is 65.7 Å². The fourth-order valence-corrected chi connectivity index (χ4v) is 2.63. The molecular formula is C21H24F2N2O3. The largest absolute Gasteiger partial charge is 0.444 e. The summed E-state index contributed by atoms with van der Waals surface area (Å²) in [4.78, 5) is 26.6. The number of para-hydroxylation sites is 1. The van der Waals surface area contributed by atoms with Gasteiger partial charge >= 0.3 is 6.09 Å². The highest BCUT2D eigenvalue weighted by molar-refractivity contribution is 5.98. The lowest BCUT2D eigenvalue weighted by Gasteiger charge is -2.26. The summed E-state index contributed by atoms with van der Waals surface area (Å²) in [6.45, 7) is 5.09. The van der Waals surface area contributed by atoms with Crippen molar-refractivity contribution in [1.82, 2.24) is 5.32 Å². The number of anilines is 1. The highest BCUT2D eigenvalue weighted by Crippen LogP contribution is 2.16. The smallest absolute Gasteiger partial charge is 0.408 e. The minimum Gasteiger partial charge on any atom is -0.444 e. The summed E-state index contributed by atoms with van der Waals surface area (Å²) in [6, 6.07) is 10.8. The first kappa shape index (κ1) is 21.3. The lowest BCUT2D eigenvalue weighted by Crippen LogP contribution is -2.50. The van der Waals surface area contributed by atoms with Gasteiger partial charge in [-0.3, -0.25) is 4.79 Å². The average molecular weight is 390 g/mol. The fraction of sp³-hybridized carbons (Fsp3) is 0.333. The van der Waals surface area contributed by atoms with Crippen LogP contribution in [0.15, 0.2) is 48.5 Å². The van der Waals surface area contributed by atoms with Crippen molar-refractivity contribution >= 4 is 17.7 Å². The number of hydrogen-bond donors (Lipinski definition) is 1. The number of halogens is 2. The maximum absolute atomic E-state index is 13.5. The molecule has 2 rings (SSSR count). The molecule has 2 aromatic carbocycles. The van der Waals surface area contributed by atoms with Crippen molar-refractivity contribution in [3.8, 4) is 0 Å². The van der Waals surface area contributed by atoms with Crippen molar-refractivity contribution in [2.45, 2.75) is 38.8 Å². The molecule has 1 N–H and O–H groups in total. The van der Waals surface area contributed by atoms with E-state index >= 15 is 0 Å². The van der Waals surface area contributed by atoms with Crippen LogP contribution in [0, 0.1) is 11.6 Å². The molecule has 0 heterocycles. The highest BCUT2D eigenvalue weighted by Gasteiger charge is 2.28. The molecular weight excluding hydrogens is 366 g/mol. The number of hydrogen-bond acceptors (Lipinski definition) is 3. The Balaban J connectivity index is 2.26. The van der Waals surface area contributed by atoms with Crippen molar-refractivity contribution in [3.63, 3.8) is 0 Å². The zero-order valence-electron chi connectivity index (χ0n) is 16.3. The second-order valence-corrected chi connectivity index (χ2v) is 7.41. The molecule has 2 amide bonds. The SMILES string of the molecule is CN(C(=O)[C@H](Cc1cc(F)cc(F)c1)NC(=O)OC(C)(C)C)c1ccccc1. The van der Waals surface area contributed by atoms with Crippen molar-refractivity contribution in [2.75, 3.05) is 11.9 Å². The number of amides is 2. The van der Waals surface area contributed by atoms with Gasteiger partial charge in [0.1, 0.15) is 23.3 Å². The third-order valence-electron chi connectivity index (χ3n) is 3.83. The maximum Gasteiger partial charge on any atom is 0.408 e. The van der Waals surface area contributed by atoms with Crippen LogP contribution in [0.3, 0.4) is 0 Å². The van der Waals surface area contributed by atoms with Gasteiger partial charge in [0.05, 0.1) is 0 Å². The summed E-state index contributed by atoms with van der Waals surface area (Å²) in [7, 11) is 1.56. The number of nitrogens with one attached hydrogen (secondary N) is 1. The monoisotopic (exact) mass is 390 g/mol. The quantitative estimate of drug-likeness (QED) is 0.838. The van der Waals surface area contributed by atoms with E-state index in [-0.39, 0.29) is 12.0 Å². The van der Waals surface area contributed by atoms with Crippen LogP contribution in [0.2, 0.25) is 0 Å². The Bertz CT molecular complexity index is 815. The second kappa shape index (κ2) is 8.82. The fourth-order valence-electron chi connectivity index (χ4n) is 2.63. The first-order valence-corrected chi connectivity index (χ1v) is 8.82. The highest BCUT2D eigenvalue weighted by atomic mass is 19.1. The summed E-state index contributed by atoms with van der Waals surface area (Å²) in [5.74, 6) is -1.95. The van der Waals surface area contributed by atoms with Crippen molar-refractivity contribution < 1.29 is 23.1 Å². The molecule has 0 aliphatic carbocycles. The van der Waals surface area contributed by atoms with Gasteiger partial charge in [0.25, 0.3) is 0 Å². The number of rotatable bonds is 5. The summed E-state index contributed by atoms with van der Waals surface area (Å²) < 4.78 is 32.3. The van der Waals surface area contributed by atoms with E-state index in [1.165, 1.54) is 4.90 Å². The van der Waals surface area contributed by atoms with Crippen LogP contribution in [0.1, 0.15) is 26.3 Å². The molecule has 0 unspecified atom stereocenters. The van der Waals surface area contributed by atoms with E-state index in [1.807, 2.05) is 6.07 Å². The van der Waals surface area contributed by atoms with E-state index in [0.29, 0.717) is 5.69 Å². The molecule has 150 valence electrons. The Morgan fingerprint density at radius 3 is 2.18 bits per heavy atom. The van der Waals surface area contributed by atoms with E-state index in [1.54, 1.807) is 52.1 Å². The number of carbonyl (C=O) groups excluding carboxylic acids is 2. The summed E-state index contributed by atoms with van der Waals surface area (Å²) in [5.41, 5.74) is 0.107. The predicted octanol–water partition coefficient (Wildman–Crippen LogP) is 4.06. The van der Waals surface area contributed by atoms with Gasteiger partial charge in [0, 0.05) is 25.2 Å². The zero-order chi connectivity index (χ0) is 20.9. The van der Waals surface area contributed by atoms with Crippen LogP contribution < -0.4 is 10.2 Å². The molecule has 7 heteroatoms. The van der Waals surface area contributed by atoms with Crippen LogP contribution in [0.4, 0.5) is 19.3 Å². The molecule has 0 fully saturated rings. The molecule has 0 saturated heterocycles. The van der Waals surface area contributed by atoms with Crippen LogP contribution in [0.25, 0.3) is 0 Å². The molecule has 0 saturated carbocycles. The lowest BCUT2D eigenvalue weighted by atomic mass is 10.0. The number of ether oxygens (including phenoxy) is 1. The Labute approximate surface area is 163 Å². The molecule has 5 nitrogen and oxygen atoms in total. The lowest BCUT2D eigenvalue weighted by molar-refractivity contribution is -0.120. The first-order valence-electron chi connectivity index (χ1n) is 8.82. The number of carbonyl (C=O) groups is 2. The van der Waals surface area contributed by atoms with Crippen LogP contribution in [0.5, 0.6) is 0 Å². The van der Waals surface area contributed by atoms with Crippen molar-refractivity contribution in [2.24, 2.45) is 0 Å². The van der Waals surface area contributed by atoms with E-state index < -0.39 is 35.3 Å². The van der Waals surface area contributed by atoms with Gasteiger partial charge in [-0.25, -0.2) is 13.6 Å². The molecule has 28 heavy (non-hydrogen) atoms. The van der Waals surface area contributed by atoms with Gasteiger partial charge in [0.15, 0.2) is 0 Å². The summed E-state index contributed by atoms with van der Waals surface area (Å²) in [6.07, 6.45) is -0.881. The third kappa shape index (κ3) is 6.33. The van der Waals surface area contributed by atoms with Gasteiger partial charge in [-0.15, -0.1) is 0 Å². The summed E-state index contributed by atoms with van der Waals surface area (Å²) in [5, 5.41) is 2.51. The Morgan fingerprint density at radius 1 is 1.07 bits per heavy atom. The van der Waals surface area contributed by atoms with Gasteiger partial charge < -0.3 is 15.0 Å². The number of likely N-dealkylation sites (N-methyl/N-ethyl adjacent to an activating group) is 1. The molecule has 0 aliphatic heterocycles. The van der Waals surface area contributed by atoms with Gasteiger partial charge in [0.2, 0.25) is 5.91 Å².